The van der Waals surface area contributed by atoms with Gasteiger partial charge in [0.2, 0.25) is 5.91 Å². The SMILES string of the molecule is O=C1CCCN(c2ccc(NC(=O)C3(NC(=O)c4cc5ccccc5o4)CCCCC3)cc2N2CCNC2=O)C1. The van der Waals surface area contributed by atoms with Crippen LogP contribution in [0.1, 0.15) is 55.5 Å². The summed E-state index contributed by atoms with van der Waals surface area (Å²) in [6.45, 7) is 2.02. The molecule has 10 heteroatoms. The summed E-state index contributed by atoms with van der Waals surface area (Å²) >= 11 is 0. The Morgan fingerprint density at radius 1 is 0.925 bits per heavy atom. The summed E-state index contributed by atoms with van der Waals surface area (Å²) < 4.78 is 5.76. The molecule has 3 fully saturated rings. The molecule has 1 aromatic heterocycles. The van der Waals surface area contributed by atoms with Gasteiger partial charge in [0.05, 0.1) is 17.9 Å². The number of hydrogen-bond donors (Lipinski definition) is 3. The van der Waals surface area contributed by atoms with Crippen molar-refractivity contribution in [1.82, 2.24) is 10.6 Å². The van der Waals surface area contributed by atoms with Gasteiger partial charge in [-0.1, -0.05) is 37.5 Å². The molecule has 208 valence electrons. The van der Waals surface area contributed by atoms with Crippen LogP contribution in [0.25, 0.3) is 11.0 Å². The zero-order chi connectivity index (χ0) is 27.7. The highest BCUT2D eigenvalue weighted by Gasteiger charge is 2.42. The van der Waals surface area contributed by atoms with E-state index in [0.29, 0.717) is 55.9 Å². The molecule has 0 radical (unpaired) electrons. The summed E-state index contributed by atoms with van der Waals surface area (Å²) in [6.07, 6.45) is 4.97. The first kappa shape index (κ1) is 25.9. The van der Waals surface area contributed by atoms with Crippen molar-refractivity contribution in [3.05, 3.63) is 54.3 Å². The van der Waals surface area contributed by atoms with E-state index in [1.54, 1.807) is 29.2 Å². The first-order valence-electron chi connectivity index (χ1n) is 14.0. The summed E-state index contributed by atoms with van der Waals surface area (Å²) in [5.74, 6) is -0.385. The molecule has 3 aliphatic rings. The highest BCUT2D eigenvalue weighted by Crippen LogP contribution is 2.36. The van der Waals surface area contributed by atoms with Crippen molar-refractivity contribution in [2.75, 3.05) is 41.3 Å². The van der Waals surface area contributed by atoms with Gasteiger partial charge in [0.25, 0.3) is 5.91 Å². The van der Waals surface area contributed by atoms with Crippen LogP contribution in [0.2, 0.25) is 0 Å². The van der Waals surface area contributed by atoms with Crippen LogP contribution in [0.3, 0.4) is 0 Å². The minimum absolute atomic E-state index is 0.167. The lowest BCUT2D eigenvalue weighted by atomic mass is 9.80. The van der Waals surface area contributed by atoms with E-state index in [1.165, 1.54) is 0 Å². The van der Waals surface area contributed by atoms with Crippen LogP contribution in [0.15, 0.2) is 52.9 Å². The average molecular weight is 544 g/mol. The largest absolute Gasteiger partial charge is 0.451 e. The van der Waals surface area contributed by atoms with Gasteiger partial charge in [0.1, 0.15) is 11.1 Å². The van der Waals surface area contributed by atoms with Crippen molar-refractivity contribution in [3.63, 3.8) is 0 Å². The fourth-order valence-corrected chi connectivity index (χ4v) is 6.02. The molecule has 6 rings (SSSR count). The summed E-state index contributed by atoms with van der Waals surface area (Å²) in [5, 5.41) is 9.69. The van der Waals surface area contributed by atoms with Gasteiger partial charge in [0, 0.05) is 37.1 Å². The number of carbonyl (C=O) groups is 4. The highest BCUT2D eigenvalue weighted by atomic mass is 16.3. The molecule has 1 saturated carbocycles. The average Bonchev–Trinajstić information content (AvgIpc) is 3.60. The first-order chi connectivity index (χ1) is 19.4. The van der Waals surface area contributed by atoms with Crippen molar-refractivity contribution in [1.29, 1.82) is 0 Å². The van der Waals surface area contributed by atoms with E-state index in [0.717, 1.165) is 43.3 Å². The van der Waals surface area contributed by atoms with E-state index in [2.05, 4.69) is 16.0 Å². The summed E-state index contributed by atoms with van der Waals surface area (Å²) in [4.78, 5) is 55.6. The highest BCUT2D eigenvalue weighted by molar-refractivity contribution is 6.05. The lowest BCUT2D eigenvalue weighted by molar-refractivity contribution is -0.123. The van der Waals surface area contributed by atoms with Crippen LogP contribution in [-0.2, 0) is 9.59 Å². The quantitative estimate of drug-likeness (QED) is 0.428. The number of hydrogen-bond acceptors (Lipinski definition) is 6. The van der Waals surface area contributed by atoms with E-state index in [4.69, 9.17) is 4.42 Å². The van der Waals surface area contributed by atoms with Crippen LogP contribution in [-0.4, -0.2) is 55.3 Å². The monoisotopic (exact) mass is 543 g/mol. The molecule has 10 nitrogen and oxygen atoms in total. The maximum Gasteiger partial charge on any atom is 0.322 e. The van der Waals surface area contributed by atoms with Crippen LogP contribution in [0.5, 0.6) is 0 Å². The number of fused-ring (bicyclic) bond motifs is 1. The van der Waals surface area contributed by atoms with Gasteiger partial charge in [0.15, 0.2) is 11.5 Å². The van der Waals surface area contributed by atoms with E-state index in [9.17, 15) is 19.2 Å². The first-order valence-corrected chi connectivity index (χ1v) is 14.0. The fourth-order valence-electron chi connectivity index (χ4n) is 6.02. The molecule has 0 spiro atoms. The molecule has 4 amide bonds. The third kappa shape index (κ3) is 5.01. The van der Waals surface area contributed by atoms with E-state index >= 15 is 0 Å². The Kier molecular flexibility index (Phi) is 6.91. The molecule has 2 aliphatic heterocycles. The Bertz CT molecular complexity index is 1440. The van der Waals surface area contributed by atoms with Crippen molar-refractivity contribution in [3.8, 4) is 0 Å². The zero-order valence-corrected chi connectivity index (χ0v) is 22.3. The molecule has 2 aromatic carbocycles. The van der Waals surface area contributed by atoms with Crippen molar-refractivity contribution in [2.24, 2.45) is 0 Å². The predicted molar refractivity (Wildman–Crippen MR) is 152 cm³/mol. The summed E-state index contributed by atoms with van der Waals surface area (Å²) in [5.41, 5.74) is 1.48. The number of furan rings is 1. The zero-order valence-electron chi connectivity index (χ0n) is 22.3. The number of anilines is 3. The number of piperidine rings is 1. The second-order valence-electron chi connectivity index (χ2n) is 10.9. The van der Waals surface area contributed by atoms with Gasteiger partial charge in [-0.3, -0.25) is 19.3 Å². The standard InChI is InChI=1S/C30H33N5O5/c36-22-8-6-15-34(19-22)23-11-10-21(18-24(23)35-16-14-31-29(35)39)32-28(38)30(12-4-1-5-13-30)33-27(37)26-17-20-7-2-3-9-25(20)40-26/h2-3,7,9-11,17-18H,1,4-6,8,12-16,19H2,(H,31,39)(H,32,38)(H,33,37). The van der Waals surface area contributed by atoms with Gasteiger partial charge in [-0.2, -0.15) is 0 Å². The van der Waals surface area contributed by atoms with E-state index < -0.39 is 11.4 Å². The molecule has 0 bridgehead atoms. The third-order valence-electron chi connectivity index (χ3n) is 8.12. The number of para-hydroxylation sites is 1. The van der Waals surface area contributed by atoms with Crippen LogP contribution >= 0.6 is 0 Å². The van der Waals surface area contributed by atoms with E-state index in [1.807, 2.05) is 29.2 Å². The Hall–Kier alpha value is -4.34. The number of amides is 4. The van der Waals surface area contributed by atoms with Gasteiger partial charge in [-0.05, 0) is 49.6 Å². The molecule has 40 heavy (non-hydrogen) atoms. The smallest absolute Gasteiger partial charge is 0.322 e. The third-order valence-corrected chi connectivity index (χ3v) is 8.12. The van der Waals surface area contributed by atoms with Gasteiger partial charge < -0.3 is 25.3 Å². The maximum atomic E-state index is 13.9. The normalized spacial score (nSPS) is 19.0. The Balaban J connectivity index is 1.27. The van der Waals surface area contributed by atoms with Crippen LogP contribution in [0, 0.1) is 0 Å². The number of nitrogens with zero attached hydrogens (tertiary/aromatic N) is 2. The predicted octanol–water partition coefficient (Wildman–Crippen LogP) is 4.20. The molecule has 3 aromatic rings. The molecule has 3 heterocycles. The Morgan fingerprint density at radius 3 is 2.50 bits per heavy atom. The Morgan fingerprint density at radius 2 is 1.75 bits per heavy atom. The van der Waals surface area contributed by atoms with Gasteiger partial charge in [-0.15, -0.1) is 0 Å². The Labute approximate surface area is 232 Å². The second kappa shape index (κ2) is 10.7. The van der Waals surface area contributed by atoms with Crippen molar-refractivity contribution >= 4 is 51.7 Å². The number of rotatable bonds is 6. The molecular weight excluding hydrogens is 510 g/mol. The van der Waals surface area contributed by atoms with Crippen LogP contribution < -0.4 is 25.8 Å². The van der Waals surface area contributed by atoms with Crippen LogP contribution in [0.4, 0.5) is 21.9 Å². The van der Waals surface area contributed by atoms with Gasteiger partial charge >= 0.3 is 6.03 Å². The minimum Gasteiger partial charge on any atom is -0.451 e. The maximum absolute atomic E-state index is 13.9. The lowest BCUT2D eigenvalue weighted by Gasteiger charge is -2.36. The summed E-state index contributed by atoms with van der Waals surface area (Å²) in [6, 6.07) is 14.3. The number of nitrogens with one attached hydrogen (secondary N) is 3. The molecule has 2 saturated heterocycles. The van der Waals surface area contributed by atoms with E-state index in [-0.39, 0.29) is 23.5 Å². The fraction of sp³-hybridized carbons (Fsp3) is 0.400. The number of carbonyl (C=O) groups excluding carboxylic acids is 4. The molecular formula is C30H33N5O5. The number of Topliss-reactive ketones (excluding diaryl/α,β-unsaturated/α-hetero) is 1. The summed E-state index contributed by atoms with van der Waals surface area (Å²) in [7, 11) is 0. The molecule has 1 aliphatic carbocycles. The molecule has 3 N–H and O–H groups in total. The topological polar surface area (TPSA) is 124 Å². The number of ketones is 1. The van der Waals surface area contributed by atoms with Crippen molar-refractivity contribution in [2.45, 2.75) is 50.5 Å². The molecule has 0 atom stereocenters. The number of urea groups is 1. The number of benzene rings is 2. The lowest BCUT2D eigenvalue weighted by Crippen LogP contribution is -2.57. The second-order valence-corrected chi connectivity index (χ2v) is 10.9. The van der Waals surface area contributed by atoms with Gasteiger partial charge in [-0.25, -0.2) is 4.79 Å². The minimum atomic E-state index is -1.09. The van der Waals surface area contributed by atoms with Crippen molar-refractivity contribution < 1.29 is 23.6 Å². The molecule has 0 unspecified atom stereocenters.